The number of carbonyl (C=O) groups is 1. The standard InChI is InChI=1S/C14H17FN2O2/c1-19-9-3-5-14(18)17-12-7-6-11(4-2-8-16)13(15)10-12/h6-7,10H,3,5,8-9,16H2,1H3,(H,17,18). The molecule has 0 saturated carbocycles. The molecule has 0 aromatic heterocycles. The smallest absolute Gasteiger partial charge is 0.224 e. The lowest BCUT2D eigenvalue weighted by atomic mass is 10.2. The molecule has 1 amide bonds. The first-order valence-corrected chi connectivity index (χ1v) is 5.94. The Labute approximate surface area is 112 Å². The van der Waals surface area contributed by atoms with Gasteiger partial charge in [0.05, 0.1) is 12.1 Å². The van der Waals surface area contributed by atoms with Crippen LogP contribution < -0.4 is 11.1 Å². The van der Waals surface area contributed by atoms with Gasteiger partial charge < -0.3 is 15.8 Å². The predicted molar refractivity (Wildman–Crippen MR) is 72.1 cm³/mol. The minimum Gasteiger partial charge on any atom is -0.385 e. The Morgan fingerprint density at radius 3 is 2.95 bits per heavy atom. The summed E-state index contributed by atoms with van der Waals surface area (Å²) in [6, 6.07) is 4.37. The van der Waals surface area contributed by atoms with Gasteiger partial charge in [0.2, 0.25) is 5.91 Å². The first-order valence-electron chi connectivity index (χ1n) is 5.94. The van der Waals surface area contributed by atoms with Crippen LogP contribution in [0, 0.1) is 17.7 Å². The average Bonchev–Trinajstić information content (AvgIpc) is 2.38. The molecule has 0 spiro atoms. The van der Waals surface area contributed by atoms with Crippen molar-refractivity contribution in [2.75, 3.05) is 25.6 Å². The van der Waals surface area contributed by atoms with Crippen molar-refractivity contribution < 1.29 is 13.9 Å². The molecular weight excluding hydrogens is 247 g/mol. The van der Waals surface area contributed by atoms with Gasteiger partial charge in [-0.05, 0) is 24.6 Å². The fourth-order valence-corrected chi connectivity index (χ4v) is 1.44. The molecule has 1 rings (SSSR count). The second-order valence-corrected chi connectivity index (χ2v) is 3.85. The van der Waals surface area contributed by atoms with Crippen LogP contribution in [0.15, 0.2) is 18.2 Å². The molecule has 0 fully saturated rings. The molecule has 0 aliphatic carbocycles. The highest BCUT2D eigenvalue weighted by molar-refractivity contribution is 5.90. The van der Waals surface area contributed by atoms with E-state index in [1.54, 1.807) is 13.2 Å². The summed E-state index contributed by atoms with van der Waals surface area (Å²) in [5.74, 6) is 4.55. The quantitative estimate of drug-likeness (QED) is 0.625. The number of amides is 1. The molecule has 19 heavy (non-hydrogen) atoms. The molecule has 1 aromatic carbocycles. The zero-order valence-electron chi connectivity index (χ0n) is 10.8. The van der Waals surface area contributed by atoms with Gasteiger partial charge in [0.1, 0.15) is 5.82 Å². The van der Waals surface area contributed by atoms with Crippen molar-refractivity contribution in [1.82, 2.24) is 0 Å². The van der Waals surface area contributed by atoms with Crippen molar-refractivity contribution in [2.24, 2.45) is 5.73 Å². The first kappa shape index (κ1) is 15.2. The molecule has 0 bridgehead atoms. The van der Waals surface area contributed by atoms with Gasteiger partial charge in [0.25, 0.3) is 0 Å². The third-order valence-electron chi connectivity index (χ3n) is 2.33. The van der Waals surface area contributed by atoms with Crippen molar-refractivity contribution >= 4 is 11.6 Å². The number of anilines is 1. The second-order valence-electron chi connectivity index (χ2n) is 3.85. The van der Waals surface area contributed by atoms with Crippen LogP contribution in [0.1, 0.15) is 18.4 Å². The van der Waals surface area contributed by atoms with Gasteiger partial charge in [-0.2, -0.15) is 0 Å². The molecule has 0 atom stereocenters. The number of hydrogen-bond donors (Lipinski definition) is 2. The van der Waals surface area contributed by atoms with Crippen LogP contribution in [0.3, 0.4) is 0 Å². The predicted octanol–water partition coefficient (Wildman–Crippen LogP) is 1.50. The fraction of sp³-hybridized carbons (Fsp3) is 0.357. The number of hydrogen-bond acceptors (Lipinski definition) is 3. The molecule has 0 radical (unpaired) electrons. The van der Waals surface area contributed by atoms with Crippen LogP contribution in [0.25, 0.3) is 0 Å². The number of halogens is 1. The van der Waals surface area contributed by atoms with Crippen LogP contribution >= 0.6 is 0 Å². The largest absolute Gasteiger partial charge is 0.385 e. The Hall–Kier alpha value is -1.90. The van der Waals surface area contributed by atoms with Crippen molar-refractivity contribution in [1.29, 1.82) is 0 Å². The topological polar surface area (TPSA) is 64.3 Å². The highest BCUT2D eigenvalue weighted by Crippen LogP contribution is 2.14. The van der Waals surface area contributed by atoms with Gasteiger partial charge in [0.15, 0.2) is 0 Å². The molecular formula is C14H17FN2O2. The summed E-state index contributed by atoms with van der Waals surface area (Å²) in [6.07, 6.45) is 0.967. The van der Waals surface area contributed by atoms with Crippen LogP contribution in [0.2, 0.25) is 0 Å². The molecule has 0 unspecified atom stereocenters. The van der Waals surface area contributed by atoms with E-state index in [0.717, 1.165) is 0 Å². The van der Waals surface area contributed by atoms with Crippen molar-refractivity contribution in [2.45, 2.75) is 12.8 Å². The maximum Gasteiger partial charge on any atom is 0.224 e. The second kappa shape index (κ2) is 8.25. The minimum absolute atomic E-state index is 0.169. The number of nitrogens with one attached hydrogen (secondary N) is 1. The van der Waals surface area contributed by atoms with E-state index in [1.165, 1.54) is 12.1 Å². The third kappa shape index (κ3) is 5.51. The zero-order valence-corrected chi connectivity index (χ0v) is 10.8. The van der Waals surface area contributed by atoms with Crippen LogP contribution in [-0.2, 0) is 9.53 Å². The third-order valence-corrected chi connectivity index (χ3v) is 2.33. The number of ether oxygens (including phenoxy) is 1. The molecule has 4 nitrogen and oxygen atoms in total. The average molecular weight is 264 g/mol. The van der Waals surface area contributed by atoms with Crippen molar-refractivity contribution in [3.05, 3.63) is 29.6 Å². The molecule has 0 heterocycles. The summed E-state index contributed by atoms with van der Waals surface area (Å²) in [6.45, 7) is 0.701. The van der Waals surface area contributed by atoms with Crippen LogP contribution in [-0.4, -0.2) is 26.2 Å². The zero-order chi connectivity index (χ0) is 14.1. The number of rotatable bonds is 5. The van der Waals surface area contributed by atoms with E-state index >= 15 is 0 Å². The SMILES string of the molecule is COCCCC(=O)Nc1ccc(C#CCN)c(F)c1. The van der Waals surface area contributed by atoms with E-state index < -0.39 is 5.82 Å². The minimum atomic E-state index is -0.476. The molecule has 102 valence electrons. The van der Waals surface area contributed by atoms with Crippen LogP contribution in [0.4, 0.5) is 10.1 Å². The van der Waals surface area contributed by atoms with Gasteiger partial charge in [-0.3, -0.25) is 4.79 Å². The van der Waals surface area contributed by atoms with Crippen molar-refractivity contribution in [3.8, 4) is 11.8 Å². The van der Waals surface area contributed by atoms with E-state index in [1.807, 2.05) is 0 Å². The van der Waals surface area contributed by atoms with Crippen molar-refractivity contribution in [3.63, 3.8) is 0 Å². The molecule has 0 saturated heterocycles. The Morgan fingerprint density at radius 2 is 2.32 bits per heavy atom. The maximum atomic E-state index is 13.6. The highest BCUT2D eigenvalue weighted by Gasteiger charge is 2.05. The summed E-state index contributed by atoms with van der Waals surface area (Å²) < 4.78 is 18.5. The molecule has 3 N–H and O–H groups in total. The number of carbonyl (C=O) groups excluding carboxylic acids is 1. The summed E-state index contributed by atoms with van der Waals surface area (Å²) >= 11 is 0. The van der Waals surface area contributed by atoms with E-state index in [4.69, 9.17) is 10.5 Å². The highest BCUT2D eigenvalue weighted by atomic mass is 19.1. The number of nitrogens with two attached hydrogens (primary N) is 1. The summed E-state index contributed by atoms with van der Waals surface area (Å²) in [4.78, 5) is 11.5. The maximum absolute atomic E-state index is 13.6. The van der Waals surface area contributed by atoms with E-state index in [2.05, 4.69) is 17.2 Å². The van der Waals surface area contributed by atoms with Gasteiger partial charge in [-0.25, -0.2) is 4.39 Å². The van der Waals surface area contributed by atoms with Gasteiger partial charge in [-0.1, -0.05) is 11.8 Å². The summed E-state index contributed by atoms with van der Waals surface area (Å²) in [7, 11) is 1.58. The molecule has 5 heteroatoms. The Bertz CT molecular complexity index is 492. The lowest BCUT2D eigenvalue weighted by molar-refractivity contribution is -0.116. The van der Waals surface area contributed by atoms with Crippen LogP contribution in [0.5, 0.6) is 0 Å². The monoisotopic (exact) mass is 264 g/mol. The van der Waals surface area contributed by atoms with Gasteiger partial charge in [-0.15, -0.1) is 0 Å². The Kier molecular flexibility index (Phi) is 6.58. The van der Waals surface area contributed by atoms with E-state index in [9.17, 15) is 9.18 Å². The fourth-order valence-electron chi connectivity index (χ4n) is 1.44. The molecule has 0 aliphatic heterocycles. The van der Waals surface area contributed by atoms with E-state index in [-0.39, 0.29) is 18.0 Å². The molecule has 0 aliphatic rings. The number of methoxy groups -OCH3 is 1. The Morgan fingerprint density at radius 1 is 1.53 bits per heavy atom. The summed E-state index contributed by atoms with van der Waals surface area (Å²) in [5.41, 5.74) is 5.90. The van der Waals surface area contributed by atoms with E-state index in [0.29, 0.717) is 25.1 Å². The lowest BCUT2D eigenvalue weighted by Gasteiger charge is -2.05. The Balaban J connectivity index is 2.60. The summed E-state index contributed by atoms with van der Waals surface area (Å²) in [5, 5.41) is 2.62. The number of benzene rings is 1. The normalized spacial score (nSPS) is 9.63. The van der Waals surface area contributed by atoms with Gasteiger partial charge in [0, 0.05) is 25.8 Å². The first-order chi connectivity index (χ1) is 9.17. The lowest BCUT2D eigenvalue weighted by Crippen LogP contribution is -2.12. The van der Waals surface area contributed by atoms with Gasteiger partial charge >= 0.3 is 0 Å². The molecule has 1 aromatic rings.